The topological polar surface area (TPSA) is 87.6 Å². The molecule has 0 radical (unpaired) electrons. The molecule has 0 amide bonds. The molecule has 2 rings (SSSR count). The Morgan fingerprint density at radius 1 is 1.22 bits per heavy atom. The van der Waals surface area contributed by atoms with Crippen LogP contribution in [0.15, 0.2) is 42.5 Å². The van der Waals surface area contributed by atoms with E-state index in [0.717, 1.165) is 5.56 Å². The highest BCUT2D eigenvalue weighted by Crippen LogP contribution is 2.35. The molecular formula is C17H20N2O4. The van der Waals surface area contributed by atoms with E-state index in [-0.39, 0.29) is 11.7 Å². The Balaban J connectivity index is 2.31. The van der Waals surface area contributed by atoms with E-state index in [4.69, 9.17) is 15.2 Å². The predicted molar refractivity (Wildman–Crippen MR) is 87.8 cm³/mol. The van der Waals surface area contributed by atoms with E-state index in [1.54, 1.807) is 13.0 Å². The first kappa shape index (κ1) is 16.8. The largest absolute Gasteiger partial charge is 0.493 e. The van der Waals surface area contributed by atoms with Gasteiger partial charge in [-0.25, -0.2) is 0 Å². The second kappa shape index (κ2) is 7.60. The van der Waals surface area contributed by atoms with Crippen LogP contribution in [0.2, 0.25) is 0 Å². The summed E-state index contributed by atoms with van der Waals surface area (Å²) < 4.78 is 11.0. The number of nitrogens with two attached hydrogens (primary N) is 1. The summed E-state index contributed by atoms with van der Waals surface area (Å²) in [6.45, 7) is 2.16. The Hall–Kier alpha value is -2.60. The minimum atomic E-state index is -0.429. The third-order valence-corrected chi connectivity index (χ3v) is 3.34. The molecule has 0 aliphatic rings. The van der Waals surface area contributed by atoms with Crippen LogP contribution in [0.5, 0.6) is 11.5 Å². The Morgan fingerprint density at radius 3 is 2.48 bits per heavy atom. The highest BCUT2D eigenvalue weighted by molar-refractivity contribution is 5.54. The Labute approximate surface area is 135 Å². The number of hydrogen-bond acceptors (Lipinski definition) is 5. The Morgan fingerprint density at radius 2 is 1.91 bits per heavy atom. The molecular weight excluding hydrogens is 296 g/mol. The predicted octanol–water partition coefficient (Wildman–Crippen LogP) is 3.07. The van der Waals surface area contributed by atoms with E-state index in [0.29, 0.717) is 30.1 Å². The van der Waals surface area contributed by atoms with E-state index in [2.05, 4.69) is 0 Å². The first-order valence-corrected chi connectivity index (χ1v) is 7.29. The maximum absolute atomic E-state index is 11.2. The lowest BCUT2D eigenvalue weighted by Gasteiger charge is -2.14. The summed E-state index contributed by atoms with van der Waals surface area (Å²) in [4.78, 5) is 10.8. The fourth-order valence-electron chi connectivity index (χ4n) is 2.28. The smallest absolute Gasteiger partial charge is 0.276 e. The average molecular weight is 316 g/mol. The molecule has 0 saturated carbocycles. The number of hydrogen-bond donors (Lipinski definition) is 1. The lowest BCUT2D eigenvalue weighted by molar-refractivity contribution is -0.385. The third-order valence-electron chi connectivity index (χ3n) is 3.34. The maximum Gasteiger partial charge on any atom is 0.276 e. The normalized spacial score (nSPS) is 11.8. The Kier molecular flexibility index (Phi) is 5.54. The average Bonchev–Trinajstić information content (AvgIpc) is 2.53. The first-order valence-electron chi connectivity index (χ1n) is 7.29. The van der Waals surface area contributed by atoms with Crippen molar-refractivity contribution in [1.82, 2.24) is 0 Å². The van der Waals surface area contributed by atoms with Gasteiger partial charge < -0.3 is 15.2 Å². The van der Waals surface area contributed by atoms with Gasteiger partial charge in [-0.3, -0.25) is 10.1 Å². The fraction of sp³-hybridized carbons (Fsp3) is 0.294. The molecule has 0 aromatic heterocycles. The summed E-state index contributed by atoms with van der Waals surface area (Å²) in [5, 5.41) is 11.2. The van der Waals surface area contributed by atoms with E-state index in [9.17, 15) is 10.1 Å². The molecule has 0 heterocycles. The fourth-order valence-corrected chi connectivity index (χ4v) is 2.28. The van der Waals surface area contributed by atoms with Crippen LogP contribution in [0.1, 0.15) is 18.1 Å². The molecule has 23 heavy (non-hydrogen) atoms. The second-order valence-electron chi connectivity index (χ2n) is 5.34. The summed E-state index contributed by atoms with van der Waals surface area (Å²) in [5.41, 5.74) is 7.31. The van der Waals surface area contributed by atoms with Crippen molar-refractivity contribution in [3.63, 3.8) is 0 Å². The maximum atomic E-state index is 11.2. The van der Waals surface area contributed by atoms with Gasteiger partial charge in [-0.2, -0.15) is 0 Å². The highest BCUT2D eigenvalue weighted by Gasteiger charge is 2.20. The molecule has 6 heteroatoms. The Bertz CT molecular complexity index is 672. The molecule has 0 aliphatic carbocycles. The zero-order valence-corrected chi connectivity index (χ0v) is 13.2. The van der Waals surface area contributed by atoms with Crippen LogP contribution < -0.4 is 15.2 Å². The number of nitro benzene ring substituents is 1. The zero-order chi connectivity index (χ0) is 16.8. The van der Waals surface area contributed by atoms with Crippen molar-refractivity contribution in [2.75, 3.05) is 7.11 Å². The van der Waals surface area contributed by atoms with Crippen LogP contribution in [0, 0.1) is 10.1 Å². The van der Waals surface area contributed by atoms with Crippen LogP contribution >= 0.6 is 0 Å². The molecule has 122 valence electrons. The van der Waals surface area contributed by atoms with E-state index in [1.807, 2.05) is 30.3 Å². The number of nitrogens with zero attached hydrogens (tertiary/aromatic N) is 1. The van der Waals surface area contributed by atoms with Gasteiger partial charge in [-0.05, 0) is 25.0 Å². The van der Waals surface area contributed by atoms with Gasteiger partial charge >= 0.3 is 0 Å². The summed E-state index contributed by atoms with van der Waals surface area (Å²) in [6.07, 6.45) is 0.391. The molecule has 0 bridgehead atoms. The van der Waals surface area contributed by atoms with Gasteiger partial charge in [-0.15, -0.1) is 0 Å². The van der Waals surface area contributed by atoms with Gasteiger partial charge in [0.25, 0.3) is 5.69 Å². The van der Waals surface area contributed by atoms with Crippen molar-refractivity contribution in [3.8, 4) is 11.5 Å². The van der Waals surface area contributed by atoms with Crippen molar-refractivity contribution >= 4 is 5.69 Å². The van der Waals surface area contributed by atoms with Crippen molar-refractivity contribution in [1.29, 1.82) is 0 Å². The third kappa shape index (κ3) is 4.43. The molecule has 6 nitrogen and oxygen atoms in total. The van der Waals surface area contributed by atoms with E-state index >= 15 is 0 Å². The van der Waals surface area contributed by atoms with Gasteiger partial charge in [0, 0.05) is 11.6 Å². The molecule has 1 atom stereocenters. The van der Waals surface area contributed by atoms with Crippen LogP contribution in [0.4, 0.5) is 5.69 Å². The van der Waals surface area contributed by atoms with Crippen molar-refractivity contribution < 1.29 is 14.4 Å². The number of methoxy groups -OCH3 is 1. The van der Waals surface area contributed by atoms with Gasteiger partial charge in [0.1, 0.15) is 6.61 Å². The second-order valence-corrected chi connectivity index (χ2v) is 5.34. The molecule has 2 N–H and O–H groups in total. The van der Waals surface area contributed by atoms with Crippen LogP contribution in [-0.4, -0.2) is 18.1 Å². The minimum absolute atomic E-state index is 0.00814. The monoisotopic (exact) mass is 316 g/mol. The lowest BCUT2D eigenvalue weighted by atomic mass is 10.0. The number of rotatable bonds is 7. The molecule has 2 aromatic rings. The lowest BCUT2D eigenvalue weighted by Crippen LogP contribution is -2.18. The zero-order valence-electron chi connectivity index (χ0n) is 13.2. The van der Waals surface area contributed by atoms with Crippen molar-refractivity contribution in [2.24, 2.45) is 5.73 Å². The molecule has 0 aliphatic heterocycles. The summed E-state index contributed by atoms with van der Waals surface area (Å²) >= 11 is 0. The van der Waals surface area contributed by atoms with Gasteiger partial charge in [0.15, 0.2) is 11.5 Å². The standard InChI is InChI=1S/C17H20N2O4/c1-12(18)8-14-9-17(16(22-2)10-15(14)19(20)21)23-11-13-6-4-3-5-7-13/h3-7,9-10,12H,8,11,18H2,1-2H3. The van der Waals surface area contributed by atoms with Crippen molar-refractivity contribution in [3.05, 3.63) is 63.7 Å². The van der Waals surface area contributed by atoms with Gasteiger partial charge in [-0.1, -0.05) is 30.3 Å². The van der Waals surface area contributed by atoms with Crippen LogP contribution in [0.25, 0.3) is 0 Å². The number of nitro groups is 1. The first-order chi connectivity index (χ1) is 11.0. The quantitative estimate of drug-likeness (QED) is 0.626. The van der Waals surface area contributed by atoms with Gasteiger partial charge in [0.2, 0.25) is 0 Å². The summed E-state index contributed by atoms with van der Waals surface area (Å²) in [7, 11) is 1.46. The van der Waals surface area contributed by atoms with Crippen LogP contribution in [-0.2, 0) is 13.0 Å². The molecule has 2 aromatic carbocycles. The van der Waals surface area contributed by atoms with Crippen molar-refractivity contribution in [2.45, 2.75) is 26.0 Å². The highest BCUT2D eigenvalue weighted by atomic mass is 16.6. The summed E-state index contributed by atoms with van der Waals surface area (Å²) in [5.74, 6) is 0.804. The minimum Gasteiger partial charge on any atom is -0.493 e. The van der Waals surface area contributed by atoms with E-state index in [1.165, 1.54) is 13.2 Å². The van der Waals surface area contributed by atoms with E-state index < -0.39 is 4.92 Å². The summed E-state index contributed by atoms with van der Waals surface area (Å²) in [6, 6.07) is 12.5. The van der Waals surface area contributed by atoms with Gasteiger partial charge in [0.05, 0.1) is 18.1 Å². The molecule has 0 spiro atoms. The number of ether oxygens (including phenoxy) is 2. The molecule has 1 unspecified atom stereocenters. The molecule has 0 fully saturated rings. The number of benzene rings is 2. The SMILES string of the molecule is COc1cc([N+](=O)[O-])c(CC(C)N)cc1OCc1ccccc1. The van der Waals surface area contributed by atoms with Crippen LogP contribution in [0.3, 0.4) is 0 Å². The molecule has 0 saturated heterocycles.